The molecule has 23 heavy (non-hydrogen) atoms. The van der Waals surface area contributed by atoms with E-state index >= 15 is 0 Å². The predicted octanol–water partition coefficient (Wildman–Crippen LogP) is 5.42. The smallest absolute Gasteiger partial charge is 0.142 e. The zero-order valence-electron chi connectivity index (χ0n) is 12.4. The molecule has 0 saturated carbocycles. The van der Waals surface area contributed by atoms with Gasteiger partial charge in [-0.1, -0.05) is 54.6 Å². The van der Waals surface area contributed by atoms with Crippen LogP contribution in [0.5, 0.6) is 0 Å². The summed E-state index contributed by atoms with van der Waals surface area (Å²) in [5.74, 6) is 0.827. The first-order valence-corrected chi connectivity index (χ1v) is 7.49. The van der Waals surface area contributed by atoms with Crippen LogP contribution >= 0.6 is 0 Å². The molecule has 1 heterocycles. The van der Waals surface area contributed by atoms with Gasteiger partial charge in [0.2, 0.25) is 0 Å². The lowest BCUT2D eigenvalue weighted by molar-refractivity contribution is -0.104. The lowest BCUT2D eigenvalue weighted by Crippen LogP contribution is -1.81. The van der Waals surface area contributed by atoms with E-state index in [0.29, 0.717) is 0 Å². The number of benzene rings is 2. The van der Waals surface area contributed by atoms with Crippen molar-refractivity contribution in [2.24, 2.45) is 0 Å². The van der Waals surface area contributed by atoms with Gasteiger partial charge in [-0.3, -0.25) is 4.79 Å². The monoisotopic (exact) mass is 298 g/mol. The van der Waals surface area contributed by atoms with Gasteiger partial charge < -0.3 is 4.42 Å². The highest BCUT2D eigenvalue weighted by molar-refractivity contribution is 5.95. The van der Waals surface area contributed by atoms with Gasteiger partial charge in [0.25, 0.3) is 0 Å². The summed E-state index contributed by atoms with van der Waals surface area (Å²) in [6, 6.07) is 22.2. The number of allylic oxidation sites excluding steroid dienone is 1. The average Bonchev–Trinajstić information content (AvgIpc) is 2.96. The molecule has 0 unspecified atom stereocenters. The first-order chi connectivity index (χ1) is 11.4. The molecule has 1 aliphatic carbocycles. The number of rotatable bonds is 3. The second kappa shape index (κ2) is 5.58. The van der Waals surface area contributed by atoms with Gasteiger partial charge in [0.05, 0.1) is 0 Å². The van der Waals surface area contributed by atoms with Gasteiger partial charge in [0, 0.05) is 10.9 Å². The first-order valence-electron chi connectivity index (χ1n) is 7.49. The number of carbonyl (C=O) groups is 1. The molecular formula is C21H14O2. The standard InChI is InChI=1S/C21H14O2/c22-12-6-10-17-18(15-7-2-1-3-8-15)14-21-19(17)13-16-9-4-5-11-20(16)23-21/h1-14H. The van der Waals surface area contributed by atoms with E-state index in [4.69, 9.17) is 4.42 Å². The van der Waals surface area contributed by atoms with E-state index in [1.54, 1.807) is 0 Å². The Kier molecular flexibility index (Phi) is 3.28. The van der Waals surface area contributed by atoms with E-state index in [-0.39, 0.29) is 0 Å². The molecule has 0 spiro atoms. The quantitative estimate of drug-likeness (QED) is 0.373. The predicted molar refractivity (Wildman–Crippen MR) is 93.4 cm³/mol. The van der Waals surface area contributed by atoms with Gasteiger partial charge in [0.15, 0.2) is 0 Å². The van der Waals surface area contributed by atoms with Crippen LogP contribution in [0.15, 0.2) is 77.2 Å². The van der Waals surface area contributed by atoms with E-state index in [9.17, 15) is 4.79 Å². The van der Waals surface area contributed by atoms with E-state index < -0.39 is 0 Å². The Morgan fingerprint density at radius 1 is 0.826 bits per heavy atom. The van der Waals surface area contributed by atoms with Crippen molar-refractivity contribution in [2.45, 2.75) is 0 Å². The van der Waals surface area contributed by atoms with Crippen molar-refractivity contribution in [2.75, 3.05) is 0 Å². The minimum atomic E-state index is 0.797. The van der Waals surface area contributed by atoms with Crippen LogP contribution in [-0.2, 0) is 4.79 Å². The van der Waals surface area contributed by atoms with E-state index in [1.807, 2.05) is 54.6 Å². The second-order valence-corrected chi connectivity index (χ2v) is 5.40. The molecule has 2 aromatic carbocycles. The van der Waals surface area contributed by atoms with Crippen molar-refractivity contribution in [3.63, 3.8) is 0 Å². The lowest BCUT2D eigenvalue weighted by Gasteiger charge is -2.04. The molecule has 0 fully saturated rings. The number of para-hydroxylation sites is 1. The maximum Gasteiger partial charge on any atom is 0.142 e. The molecular weight excluding hydrogens is 284 g/mol. The first kappa shape index (κ1) is 13.5. The lowest BCUT2D eigenvalue weighted by atomic mass is 10.0. The van der Waals surface area contributed by atoms with Crippen molar-refractivity contribution >= 4 is 23.3 Å². The maximum atomic E-state index is 10.8. The number of carbonyl (C=O) groups excluding carboxylic acids is 1. The third kappa shape index (κ3) is 2.34. The fraction of sp³-hybridized carbons (Fsp3) is 0. The van der Waals surface area contributed by atoms with Crippen molar-refractivity contribution in [1.82, 2.24) is 0 Å². The van der Waals surface area contributed by atoms with Crippen LogP contribution < -0.4 is 0 Å². The van der Waals surface area contributed by atoms with Crippen molar-refractivity contribution in [3.8, 4) is 22.5 Å². The molecule has 1 aliphatic heterocycles. The molecule has 2 heteroatoms. The minimum absolute atomic E-state index is 0.797. The van der Waals surface area contributed by atoms with Crippen LogP contribution in [-0.4, -0.2) is 6.29 Å². The zero-order valence-corrected chi connectivity index (χ0v) is 12.4. The molecule has 2 nitrogen and oxygen atoms in total. The third-order valence-electron chi connectivity index (χ3n) is 3.99. The van der Waals surface area contributed by atoms with E-state index in [1.165, 1.54) is 6.08 Å². The summed E-state index contributed by atoms with van der Waals surface area (Å²) >= 11 is 0. The van der Waals surface area contributed by atoms with Crippen molar-refractivity contribution in [1.29, 1.82) is 0 Å². The number of aldehydes is 1. The van der Waals surface area contributed by atoms with Gasteiger partial charge in [-0.25, -0.2) is 0 Å². The van der Waals surface area contributed by atoms with Crippen LogP contribution in [0.1, 0.15) is 5.56 Å². The SMILES string of the molecule is O=CC=Cc1c(-c2ccccc2)cc2oc3ccccc3cc1-2. The Bertz CT molecular complexity index is 977. The fourth-order valence-electron chi connectivity index (χ4n) is 2.94. The molecule has 0 amide bonds. The van der Waals surface area contributed by atoms with E-state index in [2.05, 4.69) is 18.2 Å². The Morgan fingerprint density at radius 3 is 2.43 bits per heavy atom. The van der Waals surface area contributed by atoms with Gasteiger partial charge in [0.1, 0.15) is 17.6 Å². The van der Waals surface area contributed by atoms with Gasteiger partial charge in [-0.2, -0.15) is 0 Å². The summed E-state index contributed by atoms with van der Waals surface area (Å²) in [6.07, 6.45) is 4.17. The largest absolute Gasteiger partial charge is 0.456 e. The third-order valence-corrected chi connectivity index (χ3v) is 3.99. The van der Waals surface area contributed by atoms with Crippen LogP contribution in [0.3, 0.4) is 0 Å². The Morgan fingerprint density at radius 2 is 1.61 bits per heavy atom. The summed E-state index contributed by atoms with van der Waals surface area (Å²) in [6.45, 7) is 0. The summed E-state index contributed by atoms with van der Waals surface area (Å²) in [4.78, 5) is 10.8. The highest BCUT2D eigenvalue weighted by atomic mass is 16.3. The summed E-state index contributed by atoms with van der Waals surface area (Å²) < 4.78 is 6.05. The highest BCUT2D eigenvalue weighted by Gasteiger charge is 2.18. The molecule has 0 atom stereocenters. The number of hydrogen-bond acceptors (Lipinski definition) is 2. The summed E-state index contributed by atoms with van der Waals surface area (Å²) in [7, 11) is 0. The van der Waals surface area contributed by atoms with Gasteiger partial charge in [-0.05, 0) is 41.0 Å². The summed E-state index contributed by atoms with van der Waals surface area (Å²) in [5.41, 5.74) is 5.05. The fourth-order valence-corrected chi connectivity index (χ4v) is 2.94. The number of fused-ring (bicyclic) bond motifs is 2. The van der Waals surface area contributed by atoms with Crippen molar-refractivity contribution in [3.05, 3.63) is 78.4 Å². The zero-order chi connectivity index (χ0) is 15.6. The van der Waals surface area contributed by atoms with Gasteiger partial charge in [-0.15, -0.1) is 0 Å². The maximum absolute atomic E-state index is 10.8. The Labute approximate surface area is 134 Å². The second-order valence-electron chi connectivity index (χ2n) is 5.40. The van der Waals surface area contributed by atoms with Crippen LogP contribution in [0.4, 0.5) is 0 Å². The van der Waals surface area contributed by atoms with Crippen LogP contribution in [0, 0.1) is 0 Å². The number of hydrogen-bond donors (Lipinski definition) is 0. The van der Waals surface area contributed by atoms with Gasteiger partial charge >= 0.3 is 0 Å². The topological polar surface area (TPSA) is 30.2 Å². The highest BCUT2D eigenvalue weighted by Crippen LogP contribution is 2.40. The minimum Gasteiger partial charge on any atom is -0.456 e. The molecule has 0 radical (unpaired) electrons. The van der Waals surface area contributed by atoms with Crippen molar-refractivity contribution < 1.29 is 9.21 Å². The molecule has 4 rings (SSSR count). The Hall–Kier alpha value is -3.13. The van der Waals surface area contributed by atoms with Crippen LogP contribution in [0.2, 0.25) is 0 Å². The molecule has 0 bridgehead atoms. The molecule has 0 saturated heterocycles. The normalized spacial score (nSPS) is 11.5. The average molecular weight is 298 g/mol. The molecule has 0 N–H and O–H groups in total. The summed E-state index contributed by atoms with van der Waals surface area (Å²) in [5, 5.41) is 1.05. The van der Waals surface area contributed by atoms with Crippen LogP contribution in [0.25, 0.3) is 39.5 Å². The molecule has 0 aromatic heterocycles. The van der Waals surface area contributed by atoms with E-state index in [0.717, 1.165) is 45.3 Å². The molecule has 110 valence electrons. The molecule has 2 aliphatic rings. The molecule has 2 aromatic rings. The Balaban J connectivity index is 2.05.